The molecule has 0 atom stereocenters. The number of para-hydroxylation sites is 1. The van der Waals surface area contributed by atoms with E-state index in [1.807, 2.05) is 0 Å². The number of sulfonamides is 1. The van der Waals surface area contributed by atoms with Crippen molar-refractivity contribution in [1.29, 1.82) is 0 Å². The number of amides is 1. The van der Waals surface area contributed by atoms with E-state index in [0.717, 1.165) is 0 Å². The van der Waals surface area contributed by atoms with Gasteiger partial charge < -0.3 is 19.1 Å². The zero-order valence-electron chi connectivity index (χ0n) is 18.4. The van der Waals surface area contributed by atoms with Crippen LogP contribution in [-0.2, 0) is 25.3 Å². The molecule has 3 rings (SSSR count). The minimum absolute atomic E-state index is 0.0890. The van der Waals surface area contributed by atoms with Gasteiger partial charge in [-0.25, -0.2) is 13.2 Å². The second-order valence-corrected chi connectivity index (χ2v) is 9.28. The summed E-state index contributed by atoms with van der Waals surface area (Å²) in [6.45, 7) is -3.36. The maximum Gasteiger partial charge on any atom is 0.387 e. The molecule has 0 aliphatic carbocycles. The van der Waals surface area contributed by atoms with Crippen molar-refractivity contribution in [3.8, 4) is 11.5 Å². The Balaban J connectivity index is 1.54. The zero-order valence-corrected chi connectivity index (χ0v) is 19.2. The summed E-state index contributed by atoms with van der Waals surface area (Å²) in [5.41, 5.74) is 0.352. The quantitative estimate of drug-likeness (QED) is 0.488. The highest BCUT2D eigenvalue weighted by Crippen LogP contribution is 2.33. The van der Waals surface area contributed by atoms with E-state index in [2.05, 4.69) is 4.74 Å². The standard InChI is InChI=1S/C22H24F2N2O7S/c1-31-18-9-5-8-17(20(18)33-22(23)24)21(28)32-14-19(27)25-10-12-26(13-11-25)34(29,30)15-16-6-3-2-4-7-16/h2-9,22H,10-15H2,1H3. The Hall–Kier alpha value is -3.25. The molecule has 1 saturated heterocycles. The van der Waals surface area contributed by atoms with Crippen LogP contribution >= 0.6 is 0 Å². The highest BCUT2D eigenvalue weighted by atomic mass is 32.2. The van der Waals surface area contributed by atoms with Crippen molar-refractivity contribution in [3.63, 3.8) is 0 Å². The first kappa shape index (κ1) is 25.4. The Morgan fingerprint density at radius 1 is 1.00 bits per heavy atom. The number of carbonyl (C=O) groups is 2. The van der Waals surface area contributed by atoms with Crippen molar-refractivity contribution in [2.45, 2.75) is 12.4 Å². The SMILES string of the molecule is COc1cccc(C(=O)OCC(=O)N2CCN(S(=O)(=O)Cc3ccccc3)CC2)c1OC(F)F. The summed E-state index contributed by atoms with van der Waals surface area (Å²) in [7, 11) is -2.32. The van der Waals surface area contributed by atoms with Crippen molar-refractivity contribution < 1.29 is 41.0 Å². The summed E-state index contributed by atoms with van der Waals surface area (Å²) in [6, 6.07) is 12.7. The summed E-state index contributed by atoms with van der Waals surface area (Å²) in [6.07, 6.45) is 0. The Morgan fingerprint density at radius 3 is 2.29 bits per heavy atom. The van der Waals surface area contributed by atoms with Gasteiger partial charge in [0.15, 0.2) is 18.1 Å². The number of rotatable bonds is 9. The molecule has 0 radical (unpaired) electrons. The number of esters is 1. The smallest absolute Gasteiger partial charge is 0.387 e. The van der Waals surface area contributed by atoms with Crippen LogP contribution in [0, 0.1) is 0 Å². The number of carbonyl (C=O) groups excluding carboxylic acids is 2. The second-order valence-electron chi connectivity index (χ2n) is 7.31. The number of methoxy groups -OCH3 is 1. The number of ether oxygens (including phenoxy) is 3. The van der Waals surface area contributed by atoms with Gasteiger partial charge in [0.2, 0.25) is 10.0 Å². The maximum atomic E-state index is 12.7. The Morgan fingerprint density at radius 2 is 1.68 bits per heavy atom. The molecule has 0 unspecified atom stereocenters. The van der Waals surface area contributed by atoms with Gasteiger partial charge in [-0.05, 0) is 17.7 Å². The topological polar surface area (TPSA) is 102 Å². The van der Waals surface area contributed by atoms with E-state index in [0.29, 0.717) is 5.56 Å². The molecule has 184 valence electrons. The number of nitrogens with zero attached hydrogens (tertiary/aromatic N) is 2. The lowest BCUT2D eigenvalue weighted by atomic mass is 10.2. The van der Waals surface area contributed by atoms with Gasteiger partial charge in [-0.2, -0.15) is 13.1 Å². The molecule has 1 amide bonds. The number of hydrogen-bond acceptors (Lipinski definition) is 7. The van der Waals surface area contributed by atoms with Gasteiger partial charge in [0, 0.05) is 26.2 Å². The Kier molecular flexibility index (Phi) is 8.40. The van der Waals surface area contributed by atoms with E-state index in [4.69, 9.17) is 9.47 Å². The van der Waals surface area contributed by atoms with E-state index >= 15 is 0 Å². The molecule has 2 aromatic rings. The summed E-state index contributed by atoms with van der Waals surface area (Å²) in [4.78, 5) is 26.2. The van der Waals surface area contributed by atoms with Crippen LogP contribution in [0.3, 0.4) is 0 Å². The summed E-state index contributed by atoms with van der Waals surface area (Å²) in [5.74, 6) is -2.29. The van der Waals surface area contributed by atoms with Crippen LogP contribution in [0.15, 0.2) is 48.5 Å². The molecule has 2 aromatic carbocycles. The molecule has 0 spiro atoms. The van der Waals surface area contributed by atoms with Gasteiger partial charge in [-0.1, -0.05) is 36.4 Å². The number of piperazine rings is 1. The zero-order chi connectivity index (χ0) is 24.7. The molecule has 0 aromatic heterocycles. The lowest BCUT2D eigenvalue weighted by molar-refractivity contribution is -0.135. The van der Waals surface area contributed by atoms with E-state index in [-0.39, 0.29) is 43.2 Å². The third-order valence-corrected chi connectivity index (χ3v) is 6.98. The van der Waals surface area contributed by atoms with Crippen molar-refractivity contribution in [1.82, 2.24) is 9.21 Å². The minimum Gasteiger partial charge on any atom is -0.493 e. The van der Waals surface area contributed by atoms with Gasteiger partial charge >= 0.3 is 12.6 Å². The minimum atomic E-state index is -3.55. The maximum absolute atomic E-state index is 12.7. The number of benzene rings is 2. The fourth-order valence-corrected chi connectivity index (χ4v) is 4.95. The lowest BCUT2D eigenvalue weighted by Crippen LogP contribution is -2.51. The molecule has 0 saturated carbocycles. The third-order valence-electron chi connectivity index (χ3n) is 5.13. The van der Waals surface area contributed by atoms with E-state index in [9.17, 15) is 26.8 Å². The fraction of sp³-hybridized carbons (Fsp3) is 0.364. The van der Waals surface area contributed by atoms with Gasteiger partial charge in [0.05, 0.1) is 12.9 Å². The molecule has 34 heavy (non-hydrogen) atoms. The average molecular weight is 499 g/mol. The molecule has 0 bridgehead atoms. The highest BCUT2D eigenvalue weighted by Gasteiger charge is 2.30. The lowest BCUT2D eigenvalue weighted by Gasteiger charge is -2.33. The van der Waals surface area contributed by atoms with Gasteiger partial charge in [0.1, 0.15) is 5.56 Å². The van der Waals surface area contributed by atoms with E-state index < -0.39 is 40.9 Å². The third kappa shape index (κ3) is 6.41. The summed E-state index contributed by atoms with van der Waals surface area (Å²) in [5, 5.41) is 0. The van der Waals surface area contributed by atoms with Crippen molar-refractivity contribution in [2.24, 2.45) is 0 Å². The monoisotopic (exact) mass is 498 g/mol. The molecule has 9 nitrogen and oxygen atoms in total. The molecule has 12 heteroatoms. The number of hydrogen-bond donors (Lipinski definition) is 0. The fourth-order valence-electron chi connectivity index (χ4n) is 3.44. The highest BCUT2D eigenvalue weighted by molar-refractivity contribution is 7.88. The summed E-state index contributed by atoms with van der Waals surface area (Å²) >= 11 is 0. The molecular formula is C22H24F2N2O7S. The van der Waals surface area contributed by atoms with E-state index in [1.165, 1.54) is 34.5 Å². The molecular weight excluding hydrogens is 474 g/mol. The predicted octanol–water partition coefficient (Wildman–Crippen LogP) is 2.13. The largest absolute Gasteiger partial charge is 0.493 e. The van der Waals surface area contributed by atoms with Crippen LogP contribution in [0.1, 0.15) is 15.9 Å². The number of alkyl halides is 2. The van der Waals surface area contributed by atoms with Gasteiger partial charge in [-0.15, -0.1) is 0 Å². The molecule has 1 heterocycles. The molecule has 1 aliphatic heterocycles. The summed E-state index contributed by atoms with van der Waals surface area (Å²) < 4.78 is 66.4. The molecule has 0 N–H and O–H groups in total. The van der Waals surface area contributed by atoms with Crippen LogP contribution in [-0.4, -0.2) is 76.0 Å². The van der Waals surface area contributed by atoms with Crippen LogP contribution in [0.4, 0.5) is 8.78 Å². The number of halogens is 2. The Bertz CT molecular complexity index is 1110. The second kappa shape index (κ2) is 11.3. The Labute approximate surface area is 195 Å². The first-order valence-electron chi connectivity index (χ1n) is 10.3. The molecule has 1 fully saturated rings. The van der Waals surface area contributed by atoms with Crippen molar-refractivity contribution in [2.75, 3.05) is 39.9 Å². The van der Waals surface area contributed by atoms with Gasteiger partial charge in [-0.3, -0.25) is 4.79 Å². The van der Waals surface area contributed by atoms with Crippen LogP contribution in [0.2, 0.25) is 0 Å². The normalized spacial score (nSPS) is 14.6. The first-order chi connectivity index (χ1) is 16.2. The average Bonchev–Trinajstić information content (AvgIpc) is 2.82. The predicted molar refractivity (Wildman–Crippen MR) is 117 cm³/mol. The van der Waals surface area contributed by atoms with Crippen molar-refractivity contribution in [3.05, 3.63) is 59.7 Å². The first-order valence-corrected chi connectivity index (χ1v) is 11.9. The van der Waals surface area contributed by atoms with Gasteiger partial charge in [0.25, 0.3) is 5.91 Å². The van der Waals surface area contributed by atoms with Crippen molar-refractivity contribution >= 4 is 21.9 Å². The molecule has 1 aliphatic rings. The van der Waals surface area contributed by atoms with Crippen LogP contribution in [0.25, 0.3) is 0 Å². The van der Waals surface area contributed by atoms with Crippen LogP contribution in [0.5, 0.6) is 11.5 Å². The van der Waals surface area contributed by atoms with E-state index in [1.54, 1.807) is 30.3 Å². The van der Waals surface area contributed by atoms with Crippen LogP contribution < -0.4 is 9.47 Å².